The molecule has 0 saturated carbocycles. The molecule has 0 aliphatic carbocycles. The Morgan fingerprint density at radius 3 is 3.00 bits per heavy atom. The summed E-state index contributed by atoms with van der Waals surface area (Å²) in [6.07, 6.45) is 2.27. The topological polar surface area (TPSA) is 59.2 Å². The minimum Gasteiger partial charge on any atom is -0.384 e. The highest BCUT2D eigenvalue weighted by atomic mass is 35.5. The zero-order chi connectivity index (χ0) is 13.4. The van der Waals surface area contributed by atoms with Crippen LogP contribution in [0.25, 0.3) is 0 Å². The molecule has 0 spiro atoms. The number of fused-ring (bicyclic) bond motifs is 1. The summed E-state index contributed by atoms with van der Waals surface area (Å²) < 4.78 is 0. The van der Waals surface area contributed by atoms with E-state index in [4.69, 9.17) is 17.3 Å². The van der Waals surface area contributed by atoms with Crippen molar-refractivity contribution in [2.24, 2.45) is 0 Å². The van der Waals surface area contributed by atoms with Crippen molar-refractivity contribution in [3.8, 4) is 0 Å². The van der Waals surface area contributed by atoms with Crippen molar-refractivity contribution >= 4 is 29.0 Å². The summed E-state index contributed by atoms with van der Waals surface area (Å²) in [4.78, 5) is 18.1. The lowest BCUT2D eigenvalue weighted by molar-refractivity contribution is 0.0989. The van der Waals surface area contributed by atoms with Gasteiger partial charge in [-0.3, -0.25) is 4.79 Å². The van der Waals surface area contributed by atoms with E-state index in [2.05, 4.69) is 4.98 Å². The average Bonchev–Trinajstić information content (AvgIpc) is 2.84. The van der Waals surface area contributed by atoms with Gasteiger partial charge in [-0.1, -0.05) is 29.8 Å². The molecular weight excluding hydrogens is 262 g/mol. The van der Waals surface area contributed by atoms with Crippen LogP contribution in [0.2, 0.25) is 5.02 Å². The molecule has 0 unspecified atom stereocenters. The van der Waals surface area contributed by atoms with Crippen LogP contribution >= 0.6 is 11.6 Å². The summed E-state index contributed by atoms with van der Waals surface area (Å²) in [7, 11) is 0. The van der Waals surface area contributed by atoms with Crippen LogP contribution in [0.15, 0.2) is 36.5 Å². The Labute approximate surface area is 115 Å². The number of anilines is 2. The predicted octanol–water partition coefficient (Wildman–Crippen LogP) is 2.52. The summed E-state index contributed by atoms with van der Waals surface area (Å²) in [6, 6.07) is 9.40. The first-order valence-electron chi connectivity index (χ1n) is 5.97. The first-order chi connectivity index (χ1) is 9.16. The molecule has 0 saturated heterocycles. The number of hydrogen-bond acceptors (Lipinski definition) is 3. The van der Waals surface area contributed by atoms with Crippen LogP contribution in [0.3, 0.4) is 0 Å². The summed E-state index contributed by atoms with van der Waals surface area (Å²) in [5.41, 5.74) is 8.13. The number of nitrogen functional groups attached to an aromatic ring is 1. The Hall–Kier alpha value is -2.07. The largest absolute Gasteiger partial charge is 0.384 e. The molecule has 0 bridgehead atoms. The zero-order valence-corrected chi connectivity index (χ0v) is 10.9. The van der Waals surface area contributed by atoms with Gasteiger partial charge in [-0.15, -0.1) is 0 Å². The molecular formula is C14H12ClN3O. The molecule has 3 rings (SSSR count). The molecule has 5 heteroatoms. The van der Waals surface area contributed by atoms with E-state index in [0.29, 0.717) is 22.9 Å². The molecule has 0 atom stereocenters. The molecule has 0 radical (unpaired) electrons. The van der Waals surface area contributed by atoms with Gasteiger partial charge in [-0.05, 0) is 24.1 Å². The van der Waals surface area contributed by atoms with Crippen molar-refractivity contribution in [1.82, 2.24) is 4.98 Å². The summed E-state index contributed by atoms with van der Waals surface area (Å²) in [5, 5.41) is 0.323. The maximum atomic E-state index is 12.5. The van der Waals surface area contributed by atoms with E-state index in [-0.39, 0.29) is 5.91 Å². The van der Waals surface area contributed by atoms with Crippen LogP contribution in [0.5, 0.6) is 0 Å². The number of aromatic nitrogens is 1. The number of nitrogens with zero attached hydrogens (tertiary/aromatic N) is 2. The van der Waals surface area contributed by atoms with E-state index in [9.17, 15) is 4.79 Å². The molecule has 1 amide bonds. The Kier molecular flexibility index (Phi) is 2.87. The minimum atomic E-state index is -0.135. The van der Waals surface area contributed by atoms with Gasteiger partial charge in [-0.25, -0.2) is 4.98 Å². The standard InChI is InChI=1S/C14H12ClN3O/c15-11-8-17-13(16)7-10(11)14(19)18-6-5-9-3-1-2-4-12(9)18/h1-4,7-8H,5-6H2,(H2,16,17). The van der Waals surface area contributed by atoms with Crippen molar-refractivity contribution in [3.63, 3.8) is 0 Å². The van der Waals surface area contributed by atoms with Crippen LogP contribution < -0.4 is 10.6 Å². The monoisotopic (exact) mass is 273 g/mol. The number of para-hydroxylation sites is 1. The number of pyridine rings is 1. The van der Waals surface area contributed by atoms with E-state index >= 15 is 0 Å². The van der Waals surface area contributed by atoms with Gasteiger partial charge < -0.3 is 10.6 Å². The van der Waals surface area contributed by atoms with Crippen LogP contribution in [-0.4, -0.2) is 17.4 Å². The van der Waals surface area contributed by atoms with Crippen molar-refractivity contribution < 1.29 is 4.79 Å². The van der Waals surface area contributed by atoms with Crippen LogP contribution in [0.1, 0.15) is 15.9 Å². The molecule has 2 aromatic rings. The number of hydrogen-bond donors (Lipinski definition) is 1. The molecule has 2 heterocycles. The van der Waals surface area contributed by atoms with E-state index < -0.39 is 0 Å². The number of benzene rings is 1. The Morgan fingerprint density at radius 2 is 2.16 bits per heavy atom. The van der Waals surface area contributed by atoms with Crippen LogP contribution in [-0.2, 0) is 6.42 Å². The lowest BCUT2D eigenvalue weighted by atomic mass is 10.2. The fraction of sp³-hybridized carbons (Fsp3) is 0.143. The Balaban J connectivity index is 2.00. The Morgan fingerprint density at radius 1 is 1.37 bits per heavy atom. The number of nitrogens with two attached hydrogens (primary N) is 1. The molecule has 1 aliphatic rings. The molecule has 96 valence electrons. The number of rotatable bonds is 1. The number of halogens is 1. The molecule has 1 aromatic carbocycles. The minimum absolute atomic E-state index is 0.135. The van der Waals surface area contributed by atoms with Crippen molar-refractivity contribution in [2.45, 2.75) is 6.42 Å². The molecule has 2 N–H and O–H groups in total. The third kappa shape index (κ3) is 2.04. The number of carbonyl (C=O) groups is 1. The highest BCUT2D eigenvalue weighted by molar-refractivity contribution is 6.34. The lowest BCUT2D eigenvalue weighted by Crippen LogP contribution is -2.29. The zero-order valence-electron chi connectivity index (χ0n) is 10.1. The van der Waals surface area contributed by atoms with E-state index in [1.54, 1.807) is 4.90 Å². The number of amides is 1. The highest BCUT2D eigenvalue weighted by Gasteiger charge is 2.26. The van der Waals surface area contributed by atoms with Gasteiger partial charge in [-0.2, -0.15) is 0 Å². The number of carbonyl (C=O) groups excluding carboxylic acids is 1. The molecule has 19 heavy (non-hydrogen) atoms. The molecule has 0 fully saturated rings. The SMILES string of the molecule is Nc1cc(C(=O)N2CCc3ccccc32)c(Cl)cn1. The molecule has 1 aliphatic heterocycles. The predicted molar refractivity (Wildman–Crippen MR) is 75.5 cm³/mol. The second kappa shape index (κ2) is 4.55. The van der Waals surface area contributed by atoms with Crippen LogP contribution in [0, 0.1) is 0 Å². The smallest absolute Gasteiger partial charge is 0.259 e. The average molecular weight is 274 g/mol. The second-order valence-electron chi connectivity index (χ2n) is 4.42. The van der Waals surface area contributed by atoms with Crippen molar-refractivity contribution in [2.75, 3.05) is 17.2 Å². The maximum Gasteiger partial charge on any atom is 0.259 e. The van der Waals surface area contributed by atoms with Gasteiger partial charge in [0.1, 0.15) is 5.82 Å². The van der Waals surface area contributed by atoms with Gasteiger partial charge in [0.05, 0.1) is 10.6 Å². The van der Waals surface area contributed by atoms with Crippen molar-refractivity contribution in [1.29, 1.82) is 0 Å². The molecule has 4 nitrogen and oxygen atoms in total. The van der Waals surface area contributed by atoms with Gasteiger partial charge in [0.15, 0.2) is 0 Å². The van der Waals surface area contributed by atoms with Crippen LogP contribution in [0.4, 0.5) is 11.5 Å². The fourth-order valence-electron chi connectivity index (χ4n) is 2.31. The van der Waals surface area contributed by atoms with E-state index in [0.717, 1.165) is 12.1 Å². The van der Waals surface area contributed by atoms with Gasteiger partial charge in [0.2, 0.25) is 0 Å². The van der Waals surface area contributed by atoms with Crippen molar-refractivity contribution in [3.05, 3.63) is 52.7 Å². The van der Waals surface area contributed by atoms with Gasteiger partial charge in [0, 0.05) is 18.4 Å². The van der Waals surface area contributed by atoms with E-state index in [1.165, 1.54) is 17.8 Å². The Bertz CT molecular complexity index is 657. The second-order valence-corrected chi connectivity index (χ2v) is 4.83. The quantitative estimate of drug-likeness (QED) is 0.868. The summed E-state index contributed by atoms with van der Waals surface area (Å²) in [6.45, 7) is 0.663. The highest BCUT2D eigenvalue weighted by Crippen LogP contribution is 2.30. The van der Waals surface area contributed by atoms with E-state index in [1.807, 2.05) is 24.3 Å². The lowest BCUT2D eigenvalue weighted by Gasteiger charge is -2.18. The van der Waals surface area contributed by atoms with Gasteiger partial charge in [0.25, 0.3) is 5.91 Å². The third-order valence-corrected chi connectivity index (χ3v) is 3.54. The maximum absolute atomic E-state index is 12.5. The normalized spacial score (nSPS) is 13.4. The first kappa shape index (κ1) is 12.0. The molecule has 1 aromatic heterocycles. The third-order valence-electron chi connectivity index (χ3n) is 3.24. The first-order valence-corrected chi connectivity index (χ1v) is 6.35. The van der Waals surface area contributed by atoms with Gasteiger partial charge >= 0.3 is 0 Å². The summed E-state index contributed by atoms with van der Waals surface area (Å²) in [5.74, 6) is 0.157. The fourth-order valence-corrected chi connectivity index (χ4v) is 2.50. The summed E-state index contributed by atoms with van der Waals surface area (Å²) >= 11 is 6.03.